The van der Waals surface area contributed by atoms with E-state index in [1.807, 2.05) is 43.3 Å². The van der Waals surface area contributed by atoms with E-state index in [2.05, 4.69) is 5.32 Å². The Morgan fingerprint density at radius 3 is 2.59 bits per heavy atom. The van der Waals surface area contributed by atoms with Crippen LogP contribution in [0.15, 0.2) is 54.7 Å². The van der Waals surface area contributed by atoms with Gasteiger partial charge < -0.3 is 5.32 Å². The number of benzene rings is 2. The molecular weight excluding hydrogens is 362 g/mol. The summed E-state index contributed by atoms with van der Waals surface area (Å²) in [6.07, 6.45) is 1.68. The van der Waals surface area contributed by atoms with Crippen molar-refractivity contribution >= 4 is 45.5 Å². The molecule has 1 unspecified atom stereocenters. The minimum Gasteiger partial charge on any atom is -0.307 e. The normalized spacial score (nSPS) is 17.0. The average molecular weight is 379 g/mol. The van der Waals surface area contributed by atoms with Gasteiger partial charge in [-0.2, -0.15) is 0 Å². The van der Waals surface area contributed by atoms with E-state index in [9.17, 15) is 14.4 Å². The number of aromatic nitrogens is 1. The molecule has 4 rings (SSSR count). The second kappa shape index (κ2) is 6.59. The highest BCUT2D eigenvalue weighted by atomic mass is 32.2. The summed E-state index contributed by atoms with van der Waals surface area (Å²) in [4.78, 5) is 38.1. The molecular formula is C20H17N3O3S. The zero-order valence-electron chi connectivity index (χ0n) is 14.8. The van der Waals surface area contributed by atoms with Crippen LogP contribution in [0.5, 0.6) is 0 Å². The van der Waals surface area contributed by atoms with Gasteiger partial charge in [0.1, 0.15) is 5.25 Å². The quantitative estimate of drug-likeness (QED) is 0.716. The molecule has 0 bridgehead atoms. The molecule has 27 heavy (non-hydrogen) atoms. The van der Waals surface area contributed by atoms with Crippen LogP contribution >= 0.6 is 11.8 Å². The Kier molecular flexibility index (Phi) is 4.24. The fraction of sp³-hybridized carbons (Fsp3) is 0.150. The first-order valence-electron chi connectivity index (χ1n) is 8.42. The molecule has 1 fully saturated rings. The number of hydrogen-bond acceptors (Lipinski definition) is 4. The van der Waals surface area contributed by atoms with Crippen molar-refractivity contribution in [2.24, 2.45) is 0 Å². The summed E-state index contributed by atoms with van der Waals surface area (Å²) >= 11 is 0.999. The lowest BCUT2D eigenvalue weighted by Crippen LogP contribution is -2.24. The molecule has 3 amide bonds. The first-order chi connectivity index (χ1) is 13.0. The highest BCUT2D eigenvalue weighted by molar-refractivity contribution is 8.15. The van der Waals surface area contributed by atoms with Gasteiger partial charge >= 0.3 is 6.03 Å². The van der Waals surface area contributed by atoms with Crippen LogP contribution in [0.2, 0.25) is 0 Å². The standard InChI is InChI=1S/C20H17N3O3S/c1-12-5-3-6-13(11-12)21-19(25)23-10-9-14-15(7-4-8-16(14)23)17-18(24)22(2)20(26)27-17/h3-11,17H,1-2H3,(H,21,25). The van der Waals surface area contributed by atoms with Gasteiger partial charge in [0.15, 0.2) is 0 Å². The van der Waals surface area contributed by atoms with Crippen molar-refractivity contribution < 1.29 is 14.4 Å². The van der Waals surface area contributed by atoms with Crippen LogP contribution in [0.1, 0.15) is 16.4 Å². The molecule has 1 N–H and O–H groups in total. The van der Waals surface area contributed by atoms with Gasteiger partial charge in [0.05, 0.1) is 5.52 Å². The van der Waals surface area contributed by atoms with E-state index in [0.29, 0.717) is 11.2 Å². The summed E-state index contributed by atoms with van der Waals surface area (Å²) in [5.74, 6) is -0.241. The highest BCUT2D eigenvalue weighted by Gasteiger charge is 2.39. The molecule has 1 aromatic heterocycles. The molecule has 1 aliphatic rings. The van der Waals surface area contributed by atoms with Crippen LogP contribution in [0.3, 0.4) is 0 Å². The van der Waals surface area contributed by atoms with E-state index < -0.39 is 5.25 Å². The topological polar surface area (TPSA) is 71.4 Å². The van der Waals surface area contributed by atoms with Crippen LogP contribution < -0.4 is 5.32 Å². The van der Waals surface area contributed by atoms with Crippen LogP contribution in [0, 0.1) is 6.92 Å². The molecule has 1 aliphatic heterocycles. The molecule has 1 saturated heterocycles. The van der Waals surface area contributed by atoms with Crippen LogP contribution in [-0.4, -0.2) is 33.7 Å². The molecule has 2 heterocycles. The number of amides is 3. The summed E-state index contributed by atoms with van der Waals surface area (Å²) in [6, 6.07) is 14.5. The molecule has 0 radical (unpaired) electrons. The maximum absolute atomic E-state index is 12.7. The molecule has 3 aromatic rings. The summed E-state index contributed by atoms with van der Waals surface area (Å²) in [5, 5.41) is 2.82. The number of rotatable bonds is 2. The Bertz CT molecular complexity index is 1090. The lowest BCUT2D eigenvalue weighted by molar-refractivity contribution is -0.125. The van der Waals surface area contributed by atoms with Crippen molar-refractivity contribution in [2.75, 3.05) is 12.4 Å². The Morgan fingerprint density at radius 1 is 1.11 bits per heavy atom. The predicted molar refractivity (Wildman–Crippen MR) is 106 cm³/mol. The minimum atomic E-state index is -0.582. The second-order valence-corrected chi connectivity index (χ2v) is 7.48. The Labute approximate surface area is 160 Å². The molecule has 0 spiro atoms. The van der Waals surface area contributed by atoms with Gasteiger partial charge in [0.2, 0.25) is 5.91 Å². The third kappa shape index (κ3) is 3.00. The van der Waals surface area contributed by atoms with Crippen LogP contribution in [-0.2, 0) is 4.79 Å². The first kappa shape index (κ1) is 17.4. The van der Waals surface area contributed by atoms with E-state index in [1.165, 1.54) is 11.6 Å². The summed E-state index contributed by atoms with van der Waals surface area (Å²) in [7, 11) is 1.48. The van der Waals surface area contributed by atoms with E-state index >= 15 is 0 Å². The number of imide groups is 1. The summed E-state index contributed by atoms with van der Waals surface area (Å²) in [5.41, 5.74) is 3.19. The van der Waals surface area contributed by atoms with Crippen molar-refractivity contribution in [3.05, 3.63) is 65.9 Å². The Morgan fingerprint density at radius 2 is 1.89 bits per heavy atom. The fourth-order valence-electron chi connectivity index (χ4n) is 3.20. The number of aryl methyl sites for hydroxylation is 1. The molecule has 0 saturated carbocycles. The van der Waals surface area contributed by atoms with E-state index in [4.69, 9.17) is 0 Å². The molecule has 6 nitrogen and oxygen atoms in total. The number of nitrogens with one attached hydrogen (secondary N) is 1. The molecule has 0 aliphatic carbocycles. The monoisotopic (exact) mass is 379 g/mol. The van der Waals surface area contributed by atoms with Gasteiger partial charge in [-0.3, -0.25) is 19.1 Å². The Balaban J connectivity index is 1.69. The van der Waals surface area contributed by atoms with Crippen molar-refractivity contribution in [3.63, 3.8) is 0 Å². The van der Waals surface area contributed by atoms with Crippen molar-refractivity contribution in [3.8, 4) is 0 Å². The number of anilines is 1. The van der Waals surface area contributed by atoms with E-state index in [0.717, 1.165) is 33.2 Å². The van der Waals surface area contributed by atoms with Crippen molar-refractivity contribution in [1.29, 1.82) is 0 Å². The first-order valence-corrected chi connectivity index (χ1v) is 9.30. The van der Waals surface area contributed by atoms with Crippen LogP contribution in [0.4, 0.5) is 15.3 Å². The number of hydrogen-bond donors (Lipinski definition) is 1. The third-order valence-electron chi connectivity index (χ3n) is 4.58. The number of likely N-dealkylation sites (N-methyl/N-ethyl adjacent to an activating group) is 1. The lowest BCUT2D eigenvalue weighted by atomic mass is 10.1. The number of carbonyl (C=O) groups is 3. The maximum atomic E-state index is 12.7. The smallest absolute Gasteiger partial charge is 0.307 e. The van der Waals surface area contributed by atoms with Gasteiger partial charge in [-0.15, -0.1) is 0 Å². The summed E-state index contributed by atoms with van der Waals surface area (Å²) in [6.45, 7) is 1.96. The molecule has 2 aromatic carbocycles. The number of fused-ring (bicyclic) bond motifs is 1. The number of carbonyl (C=O) groups excluding carboxylic acids is 3. The van der Waals surface area contributed by atoms with Gasteiger partial charge in [-0.25, -0.2) is 4.79 Å². The molecule has 1 atom stereocenters. The third-order valence-corrected chi connectivity index (χ3v) is 5.75. The highest BCUT2D eigenvalue weighted by Crippen LogP contribution is 2.41. The second-order valence-electron chi connectivity index (χ2n) is 6.43. The summed E-state index contributed by atoms with van der Waals surface area (Å²) < 4.78 is 1.51. The molecule has 136 valence electrons. The lowest BCUT2D eigenvalue weighted by Gasteiger charge is -2.11. The maximum Gasteiger partial charge on any atom is 0.330 e. The fourth-order valence-corrected chi connectivity index (χ4v) is 4.24. The molecule has 7 heteroatoms. The SMILES string of the molecule is Cc1cccc(NC(=O)n2ccc3c(C4SC(=O)N(C)C4=O)cccc32)c1. The Hall–Kier alpha value is -3.06. The average Bonchev–Trinajstić information content (AvgIpc) is 3.18. The van der Waals surface area contributed by atoms with Crippen LogP contribution in [0.25, 0.3) is 10.9 Å². The zero-order valence-corrected chi connectivity index (χ0v) is 15.6. The largest absolute Gasteiger partial charge is 0.330 e. The van der Waals surface area contributed by atoms with Crippen molar-refractivity contribution in [1.82, 2.24) is 9.47 Å². The van der Waals surface area contributed by atoms with Gasteiger partial charge in [0.25, 0.3) is 5.24 Å². The zero-order chi connectivity index (χ0) is 19.1. The van der Waals surface area contributed by atoms with Gasteiger partial charge in [-0.1, -0.05) is 24.3 Å². The van der Waals surface area contributed by atoms with Crippen molar-refractivity contribution in [2.45, 2.75) is 12.2 Å². The van der Waals surface area contributed by atoms with Gasteiger partial charge in [0, 0.05) is 24.3 Å². The predicted octanol–water partition coefficient (Wildman–Crippen LogP) is 4.40. The van der Waals surface area contributed by atoms with E-state index in [-0.39, 0.29) is 17.2 Å². The number of nitrogens with zero attached hydrogens (tertiary/aromatic N) is 2. The number of thioether (sulfide) groups is 1. The minimum absolute atomic E-state index is 0.241. The van der Waals surface area contributed by atoms with E-state index in [1.54, 1.807) is 18.3 Å². The van der Waals surface area contributed by atoms with Gasteiger partial charge in [-0.05, 0) is 54.1 Å².